The molecule has 0 aromatic heterocycles. The van der Waals surface area contributed by atoms with Gasteiger partial charge in [-0.05, 0) is 24.2 Å². The van der Waals surface area contributed by atoms with E-state index in [2.05, 4.69) is 27.4 Å². The number of rotatable bonds is 2. The van der Waals surface area contributed by atoms with Gasteiger partial charge in [-0.2, -0.15) is 0 Å². The number of allylic oxidation sites excluding steroid dienone is 1. The fourth-order valence-corrected chi connectivity index (χ4v) is 1.41. The molecule has 0 aromatic carbocycles. The first kappa shape index (κ1) is 10.7. The summed E-state index contributed by atoms with van der Waals surface area (Å²) in [5, 5.41) is 0. The van der Waals surface area contributed by atoms with E-state index in [4.69, 9.17) is 0 Å². The van der Waals surface area contributed by atoms with Crippen molar-refractivity contribution in [3.8, 4) is 0 Å². The van der Waals surface area contributed by atoms with Crippen molar-refractivity contribution in [2.45, 2.75) is 41.0 Å². The van der Waals surface area contributed by atoms with E-state index >= 15 is 0 Å². The van der Waals surface area contributed by atoms with Crippen molar-refractivity contribution in [2.24, 2.45) is 17.8 Å². The van der Waals surface area contributed by atoms with Crippen LogP contribution in [0.1, 0.15) is 41.0 Å². The lowest BCUT2D eigenvalue weighted by atomic mass is 10.1. The van der Waals surface area contributed by atoms with Crippen molar-refractivity contribution in [2.75, 3.05) is 0 Å². The van der Waals surface area contributed by atoms with E-state index in [1.165, 1.54) is 12.0 Å². The summed E-state index contributed by atoms with van der Waals surface area (Å²) in [6.45, 7) is 14.8. The van der Waals surface area contributed by atoms with Gasteiger partial charge >= 0.3 is 0 Å². The molecule has 0 aromatic rings. The molecule has 1 aliphatic rings. The van der Waals surface area contributed by atoms with Gasteiger partial charge in [0, 0.05) is 0 Å². The van der Waals surface area contributed by atoms with E-state index in [0.717, 1.165) is 17.8 Å². The molecule has 66 valence electrons. The largest absolute Gasteiger partial charge is 0.0993 e. The van der Waals surface area contributed by atoms with Crippen LogP contribution in [0.15, 0.2) is 12.2 Å². The molecule has 0 radical (unpaired) electrons. The second-order valence-corrected chi connectivity index (χ2v) is 3.60. The quantitative estimate of drug-likeness (QED) is 0.529. The molecule has 0 bridgehead atoms. The molecule has 0 amide bonds. The Bertz CT molecular complexity index is 122. The SMILES string of the molecule is C=C1C(C)C1CC(C)C.CC. The van der Waals surface area contributed by atoms with Gasteiger partial charge in [-0.3, -0.25) is 0 Å². The number of hydrogen-bond acceptors (Lipinski definition) is 0. The predicted octanol–water partition coefficient (Wildman–Crippen LogP) is 3.88. The van der Waals surface area contributed by atoms with Crippen LogP contribution in [0, 0.1) is 17.8 Å². The molecule has 0 aliphatic heterocycles. The van der Waals surface area contributed by atoms with Crippen molar-refractivity contribution in [3.63, 3.8) is 0 Å². The molecule has 1 aliphatic carbocycles. The van der Waals surface area contributed by atoms with Crippen LogP contribution >= 0.6 is 0 Å². The first-order chi connectivity index (χ1) is 5.13. The Morgan fingerprint density at radius 1 is 1.36 bits per heavy atom. The Morgan fingerprint density at radius 2 is 1.73 bits per heavy atom. The van der Waals surface area contributed by atoms with Crippen LogP contribution in [0.3, 0.4) is 0 Å². The van der Waals surface area contributed by atoms with E-state index in [0.29, 0.717) is 0 Å². The van der Waals surface area contributed by atoms with Crippen molar-refractivity contribution in [1.29, 1.82) is 0 Å². The average Bonchev–Trinajstić information content (AvgIpc) is 2.49. The third-order valence-corrected chi connectivity index (χ3v) is 2.28. The molecular formula is C11H22. The molecule has 2 unspecified atom stereocenters. The zero-order chi connectivity index (χ0) is 9.02. The second-order valence-electron chi connectivity index (χ2n) is 3.60. The first-order valence-corrected chi connectivity index (χ1v) is 4.81. The molecule has 1 fully saturated rings. The van der Waals surface area contributed by atoms with Gasteiger partial charge in [0.2, 0.25) is 0 Å². The van der Waals surface area contributed by atoms with Gasteiger partial charge < -0.3 is 0 Å². The highest BCUT2D eigenvalue weighted by molar-refractivity contribution is 5.24. The lowest BCUT2D eigenvalue weighted by Gasteiger charge is -1.99. The van der Waals surface area contributed by atoms with E-state index in [1.54, 1.807) is 0 Å². The fraction of sp³-hybridized carbons (Fsp3) is 0.818. The molecular weight excluding hydrogens is 132 g/mol. The third kappa shape index (κ3) is 3.09. The van der Waals surface area contributed by atoms with Crippen molar-refractivity contribution < 1.29 is 0 Å². The highest BCUT2D eigenvalue weighted by atomic mass is 14.4. The summed E-state index contributed by atoms with van der Waals surface area (Å²) in [4.78, 5) is 0. The summed E-state index contributed by atoms with van der Waals surface area (Å²) < 4.78 is 0. The normalized spacial score (nSPS) is 28.0. The van der Waals surface area contributed by atoms with Crippen molar-refractivity contribution >= 4 is 0 Å². The molecule has 1 rings (SSSR count). The summed E-state index contributed by atoms with van der Waals surface area (Å²) in [5.74, 6) is 2.54. The number of hydrogen-bond donors (Lipinski definition) is 0. The van der Waals surface area contributed by atoms with Crippen LogP contribution in [-0.4, -0.2) is 0 Å². The Kier molecular flexibility index (Phi) is 4.48. The highest BCUT2D eigenvalue weighted by Crippen LogP contribution is 2.47. The average molecular weight is 154 g/mol. The topological polar surface area (TPSA) is 0 Å². The molecule has 0 nitrogen and oxygen atoms in total. The molecule has 0 heterocycles. The minimum atomic E-state index is 0.826. The molecule has 0 saturated heterocycles. The molecule has 11 heavy (non-hydrogen) atoms. The predicted molar refractivity (Wildman–Crippen MR) is 52.6 cm³/mol. The lowest BCUT2D eigenvalue weighted by Crippen LogP contribution is -1.88. The second kappa shape index (κ2) is 4.58. The van der Waals surface area contributed by atoms with Crippen LogP contribution < -0.4 is 0 Å². The van der Waals surface area contributed by atoms with Crippen LogP contribution in [0.2, 0.25) is 0 Å². The van der Waals surface area contributed by atoms with Gasteiger partial charge in [-0.15, -0.1) is 0 Å². The molecule has 1 saturated carbocycles. The summed E-state index contributed by atoms with van der Waals surface area (Å²) in [6, 6.07) is 0. The summed E-state index contributed by atoms with van der Waals surface area (Å²) in [7, 11) is 0. The Balaban J connectivity index is 0.000000461. The minimum Gasteiger partial charge on any atom is -0.0993 e. The monoisotopic (exact) mass is 154 g/mol. The smallest absolute Gasteiger partial charge is 0.0138 e. The standard InChI is InChI=1S/C9H16.C2H6/c1-6(2)5-9-7(3)8(9)4;1-2/h6,8-9H,3,5H2,1-2,4H3;1-2H3. The van der Waals surface area contributed by atoms with E-state index in [1.807, 2.05) is 13.8 Å². The molecule has 0 heteroatoms. The van der Waals surface area contributed by atoms with Crippen LogP contribution in [-0.2, 0) is 0 Å². The van der Waals surface area contributed by atoms with E-state index in [-0.39, 0.29) is 0 Å². The minimum absolute atomic E-state index is 0.826. The fourth-order valence-electron chi connectivity index (χ4n) is 1.41. The van der Waals surface area contributed by atoms with Crippen molar-refractivity contribution in [3.05, 3.63) is 12.2 Å². The third-order valence-electron chi connectivity index (χ3n) is 2.28. The van der Waals surface area contributed by atoms with Gasteiger partial charge in [-0.25, -0.2) is 0 Å². The maximum atomic E-state index is 3.98. The van der Waals surface area contributed by atoms with Gasteiger partial charge in [0.15, 0.2) is 0 Å². The van der Waals surface area contributed by atoms with Crippen molar-refractivity contribution in [1.82, 2.24) is 0 Å². The Morgan fingerprint density at radius 3 is 1.82 bits per heavy atom. The van der Waals surface area contributed by atoms with Gasteiger partial charge in [0.1, 0.15) is 0 Å². The molecule has 2 atom stereocenters. The first-order valence-electron chi connectivity index (χ1n) is 4.81. The summed E-state index contributed by atoms with van der Waals surface area (Å²) >= 11 is 0. The maximum absolute atomic E-state index is 3.98. The van der Waals surface area contributed by atoms with Gasteiger partial charge in [0.05, 0.1) is 0 Å². The van der Waals surface area contributed by atoms with Crippen LogP contribution in [0.25, 0.3) is 0 Å². The Labute approximate surface area is 71.7 Å². The zero-order valence-electron chi connectivity index (χ0n) is 8.65. The van der Waals surface area contributed by atoms with Gasteiger partial charge in [-0.1, -0.05) is 46.8 Å². The Hall–Kier alpha value is -0.260. The van der Waals surface area contributed by atoms with Crippen LogP contribution in [0.5, 0.6) is 0 Å². The zero-order valence-corrected chi connectivity index (χ0v) is 8.65. The highest BCUT2D eigenvalue weighted by Gasteiger charge is 2.37. The maximum Gasteiger partial charge on any atom is -0.0138 e. The van der Waals surface area contributed by atoms with Crippen LogP contribution in [0.4, 0.5) is 0 Å². The van der Waals surface area contributed by atoms with E-state index in [9.17, 15) is 0 Å². The molecule has 0 spiro atoms. The summed E-state index contributed by atoms with van der Waals surface area (Å²) in [6.07, 6.45) is 1.35. The van der Waals surface area contributed by atoms with E-state index < -0.39 is 0 Å². The lowest BCUT2D eigenvalue weighted by molar-refractivity contribution is 0.525. The van der Waals surface area contributed by atoms with Gasteiger partial charge in [0.25, 0.3) is 0 Å². The molecule has 0 N–H and O–H groups in total. The summed E-state index contributed by atoms with van der Waals surface area (Å²) in [5.41, 5.74) is 1.48.